The molecule has 8 heteroatoms. The van der Waals surface area contributed by atoms with Crippen LogP contribution in [0.1, 0.15) is 21.9 Å². The van der Waals surface area contributed by atoms with Gasteiger partial charge in [0.25, 0.3) is 5.91 Å². The van der Waals surface area contributed by atoms with Crippen LogP contribution in [0.25, 0.3) is 0 Å². The van der Waals surface area contributed by atoms with Crippen LogP contribution in [-0.4, -0.2) is 47.9 Å². The molecule has 0 saturated carbocycles. The summed E-state index contributed by atoms with van der Waals surface area (Å²) in [4.78, 5) is 45.2. The van der Waals surface area contributed by atoms with Crippen molar-refractivity contribution in [3.05, 3.63) is 35.3 Å². The average Bonchev–Trinajstić information content (AvgIpc) is 2.89. The first kappa shape index (κ1) is 15.9. The largest absolute Gasteiger partial charge is 0.466 e. The maximum atomic E-state index is 12.3. The van der Waals surface area contributed by atoms with E-state index in [-0.39, 0.29) is 30.7 Å². The number of carbonyl (C=O) groups is 3. The normalized spacial score (nSPS) is 19.3. The molecule has 3 rings (SSSR count). The fraction of sp³-hybridized carbons (Fsp3) is 0.312. The first-order valence-corrected chi connectivity index (χ1v) is 7.47. The number of allylic oxidation sites excluding steroid dienone is 1. The number of furan rings is 1. The quantitative estimate of drug-likeness (QED) is 0.898. The molecule has 2 aliphatic heterocycles. The Hall–Kier alpha value is -3.03. The van der Waals surface area contributed by atoms with Crippen molar-refractivity contribution in [2.24, 2.45) is 15.9 Å². The Labute approximate surface area is 137 Å². The third-order valence-electron chi connectivity index (χ3n) is 3.75. The van der Waals surface area contributed by atoms with E-state index in [1.807, 2.05) is 0 Å². The van der Waals surface area contributed by atoms with E-state index in [9.17, 15) is 14.4 Å². The smallest absolute Gasteiger partial charge is 0.352 e. The van der Waals surface area contributed by atoms with E-state index in [1.54, 1.807) is 32.1 Å². The van der Waals surface area contributed by atoms with Crippen molar-refractivity contribution in [2.45, 2.75) is 13.8 Å². The predicted molar refractivity (Wildman–Crippen MR) is 86.2 cm³/mol. The number of fused-ring (bicyclic) bond motifs is 1. The van der Waals surface area contributed by atoms with Gasteiger partial charge in [0.2, 0.25) is 5.91 Å². The van der Waals surface area contributed by atoms with Crippen LogP contribution in [0.15, 0.2) is 32.6 Å². The van der Waals surface area contributed by atoms with E-state index in [2.05, 4.69) is 15.3 Å². The zero-order chi connectivity index (χ0) is 17.3. The summed E-state index contributed by atoms with van der Waals surface area (Å²) in [5, 5.41) is 2.67. The van der Waals surface area contributed by atoms with Crippen molar-refractivity contribution in [1.29, 1.82) is 0 Å². The summed E-state index contributed by atoms with van der Waals surface area (Å²) in [7, 11) is 0. The third-order valence-corrected chi connectivity index (χ3v) is 3.75. The number of nitrogens with one attached hydrogen (secondary N) is 1. The van der Waals surface area contributed by atoms with Gasteiger partial charge in [-0.2, -0.15) is 4.99 Å². The fourth-order valence-electron chi connectivity index (χ4n) is 2.60. The molecule has 0 radical (unpaired) electrons. The number of rotatable bonds is 4. The number of carbonyl (C=O) groups excluding carboxylic acids is 3. The number of imide groups is 1. The summed E-state index contributed by atoms with van der Waals surface area (Å²) in [6.07, 6.45) is 4.77. The van der Waals surface area contributed by atoms with Gasteiger partial charge in [0.1, 0.15) is 23.3 Å². The van der Waals surface area contributed by atoms with Gasteiger partial charge in [-0.1, -0.05) is 6.08 Å². The highest BCUT2D eigenvalue weighted by molar-refractivity contribution is 6.19. The molecule has 4 amide bonds. The van der Waals surface area contributed by atoms with Crippen molar-refractivity contribution in [3.8, 4) is 0 Å². The third kappa shape index (κ3) is 2.90. The second-order valence-corrected chi connectivity index (χ2v) is 5.47. The van der Waals surface area contributed by atoms with Crippen molar-refractivity contribution < 1.29 is 18.8 Å². The van der Waals surface area contributed by atoms with Gasteiger partial charge < -0.3 is 9.73 Å². The number of aliphatic imine (C=N–C) groups is 2. The summed E-state index contributed by atoms with van der Waals surface area (Å²) < 4.78 is 5.31. The second-order valence-electron chi connectivity index (χ2n) is 5.47. The maximum absolute atomic E-state index is 12.3. The van der Waals surface area contributed by atoms with Crippen molar-refractivity contribution in [1.82, 2.24) is 10.2 Å². The number of hydrogen-bond donors (Lipinski definition) is 1. The van der Waals surface area contributed by atoms with Crippen molar-refractivity contribution in [2.75, 3.05) is 13.1 Å². The monoisotopic (exact) mass is 328 g/mol. The van der Waals surface area contributed by atoms with E-state index in [0.717, 1.165) is 4.90 Å². The summed E-state index contributed by atoms with van der Waals surface area (Å²) in [5.74, 6) is 0.0369. The van der Waals surface area contributed by atoms with Crippen LogP contribution in [0.2, 0.25) is 0 Å². The number of amidine groups is 1. The minimum Gasteiger partial charge on any atom is -0.466 e. The van der Waals surface area contributed by atoms with Gasteiger partial charge in [-0.25, -0.2) is 9.79 Å². The summed E-state index contributed by atoms with van der Waals surface area (Å²) in [6, 6.07) is 0.979. The van der Waals surface area contributed by atoms with Crippen LogP contribution in [0.3, 0.4) is 0 Å². The SMILES string of the molecule is Cc1cc(C(=O)NCCN2C(=O)N=C3N=CC=CC3C2=O)c(C)o1. The lowest BCUT2D eigenvalue weighted by Crippen LogP contribution is -2.48. The van der Waals surface area contributed by atoms with Crippen LogP contribution in [-0.2, 0) is 4.79 Å². The second kappa shape index (κ2) is 6.23. The van der Waals surface area contributed by atoms with Crippen molar-refractivity contribution >= 4 is 29.9 Å². The summed E-state index contributed by atoms with van der Waals surface area (Å²) in [5.41, 5.74) is 0.439. The lowest BCUT2D eigenvalue weighted by Gasteiger charge is -2.27. The number of aryl methyl sites for hydroxylation is 2. The molecule has 8 nitrogen and oxygen atoms in total. The molecule has 3 heterocycles. The van der Waals surface area contributed by atoms with E-state index in [4.69, 9.17) is 4.42 Å². The molecule has 0 spiro atoms. The molecular formula is C16H16N4O4. The lowest BCUT2D eigenvalue weighted by molar-refractivity contribution is -0.129. The molecule has 1 aromatic heterocycles. The lowest BCUT2D eigenvalue weighted by atomic mass is 10.0. The van der Waals surface area contributed by atoms with Gasteiger partial charge in [0.05, 0.1) is 5.56 Å². The Morgan fingerprint density at radius 3 is 2.88 bits per heavy atom. The molecule has 24 heavy (non-hydrogen) atoms. The maximum Gasteiger partial charge on any atom is 0.352 e. The van der Waals surface area contributed by atoms with Crippen molar-refractivity contribution in [3.63, 3.8) is 0 Å². The zero-order valence-electron chi connectivity index (χ0n) is 13.3. The highest BCUT2D eigenvalue weighted by Gasteiger charge is 2.36. The Morgan fingerprint density at radius 2 is 2.17 bits per heavy atom. The number of amides is 4. The average molecular weight is 328 g/mol. The minimum atomic E-state index is -0.664. The Balaban J connectivity index is 1.62. The van der Waals surface area contributed by atoms with Crippen LogP contribution < -0.4 is 5.32 Å². The van der Waals surface area contributed by atoms with Gasteiger partial charge in [0, 0.05) is 19.3 Å². The number of hydrogen-bond acceptors (Lipinski definition) is 5. The number of nitrogens with zero attached hydrogens (tertiary/aromatic N) is 3. The molecule has 0 aliphatic carbocycles. The van der Waals surface area contributed by atoms with Crippen LogP contribution >= 0.6 is 0 Å². The van der Waals surface area contributed by atoms with E-state index in [1.165, 1.54) is 6.21 Å². The number of dihydropyridines is 1. The van der Waals surface area contributed by atoms with E-state index >= 15 is 0 Å². The Bertz CT molecular complexity index is 803. The van der Waals surface area contributed by atoms with Gasteiger partial charge in [-0.05, 0) is 26.0 Å². The molecule has 2 aliphatic rings. The van der Waals surface area contributed by atoms with Crippen LogP contribution in [0, 0.1) is 19.8 Å². The first-order valence-electron chi connectivity index (χ1n) is 7.47. The van der Waals surface area contributed by atoms with Gasteiger partial charge >= 0.3 is 6.03 Å². The van der Waals surface area contributed by atoms with E-state index < -0.39 is 11.9 Å². The molecule has 1 atom stereocenters. The van der Waals surface area contributed by atoms with Crippen LogP contribution in [0.4, 0.5) is 4.79 Å². The Morgan fingerprint density at radius 1 is 1.38 bits per heavy atom. The standard InChI is InChI=1S/C16H16N4O4/c1-9-8-12(10(2)24-9)14(21)18-6-7-20-15(22)11-4-3-5-17-13(11)19-16(20)23/h3-5,8,11H,6-7H2,1-2H3,(H,18,21). The fourth-order valence-corrected chi connectivity index (χ4v) is 2.60. The van der Waals surface area contributed by atoms with Crippen LogP contribution in [0.5, 0.6) is 0 Å². The zero-order valence-corrected chi connectivity index (χ0v) is 13.3. The highest BCUT2D eigenvalue weighted by Crippen LogP contribution is 2.18. The molecule has 0 aromatic carbocycles. The molecular weight excluding hydrogens is 312 g/mol. The van der Waals surface area contributed by atoms with Gasteiger partial charge in [-0.15, -0.1) is 0 Å². The number of urea groups is 1. The molecule has 1 aromatic rings. The predicted octanol–water partition coefficient (Wildman–Crippen LogP) is 1.24. The summed E-state index contributed by atoms with van der Waals surface area (Å²) in [6.45, 7) is 3.63. The molecule has 0 bridgehead atoms. The van der Waals surface area contributed by atoms with Gasteiger partial charge in [0.15, 0.2) is 0 Å². The minimum absolute atomic E-state index is 0.0458. The molecule has 124 valence electrons. The molecule has 0 fully saturated rings. The van der Waals surface area contributed by atoms with E-state index in [0.29, 0.717) is 17.1 Å². The molecule has 1 unspecified atom stereocenters. The highest BCUT2D eigenvalue weighted by atomic mass is 16.3. The molecule has 0 saturated heterocycles. The topological polar surface area (TPSA) is 104 Å². The van der Waals surface area contributed by atoms with Gasteiger partial charge in [-0.3, -0.25) is 14.5 Å². The summed E-state index contributed by atoms with van der Waals surface area (Å²) >= 11 is 0. The molecule has 1 N–H and O–H groups in total. The first-order chi connectivity index (χ1) is 11.5. The Kier molecular flexibility index (Phi) is 4.11.